The summed E-state index contributed by atoms with van der Waals surface area (Å²) in [7, 11) is 0. The van der Waals surface area contributed by atoms with Crippen molar-refractivity contribution in [3.05, 3.63) is 42.3 Å². The molecule has 0 fully saturated rings. The highest BCUT2D eigenvalue weighted by Crippen LogP contribution is 2.26. The third kappa shape index (κ3) is 2.01. The standard InChI is InChI=1S/C15H15FN4/c1-2-8-20-12-5-3-4-11(16)14(12)19-15(20)10-6-7-13(17)18-9-10/h3-7,9H,2,8H2,1H3,(H2,17,18). The molecule has 0 aliphatic rings. The van der Waals surface area contributed by atoms with Gasteiger partial charge >= 0.3 is 0 Å². The number of rotatable bonds is 3. The summed E-state index contributed by atoms with van der Waals surface area (Å²) in [6, 6.07) is 8.59. The summed E-state index contributed by atoms with van der Waals surface area (Å²) in [6.07, 6.45) is 2.61. The molecule has 5 heteroatoms. The maximum atomic E-state index is 13.9. The molecule has 0 unspecified atom stereocenters. The fourth-order valence-corrected chi connectivity index (χ4v) is 2.32. The Bertz CT molecular complexity index is 746. The first-order valence-corrected chi connectivity index (χ1v) is 6.57. The number of benzene rings is 1. The summed E-state index contributed by atoms with van der Waals surface area (Å²) in [4.78, 5) is 8.52. The number of nitrogens with zero attached hydrogens (tertiary/aromatic N) is 3. The van der Waals surface area contributed by atoms with E-state index in [1.165, 1.54) is 6.07 Å². The molecule has 0 saturated carbocycles. The molecule has 0 radical (unpaired) electrons. The highest BCUT2D eigenvalue weighted by molar-refractivity contribution is 5.81. The Kier molecular flexibility index (Phi) is 3.10. The normalized spacial score (nSPS) is 11.1. The lowest BCUT2D eigenvalue weighted by Gasteiger charge is -2.07. The van der Waals surface area contributed by atoms with Crippen LogP contribution in [0.5, 0.6) is 0 Å². The molecule has 20 heavy (non-hydrogen) atoms. The van der Waals surface area contributed by atoms with Crippen LogP contribution in [0.1, 0.15) is 13.3 Å². The van der Waals surface area contributed by atoms with Crippen molar-refractivity contribution in [1.29, 1.82) is 0 Å². The second kappa shape index (κ2) is 4.92. The van der Waals surface area contributed by atoms with Gasteiger partial charge in [0.05, 0.1) is 5.52 Å². The molecule has 1 aromatic carbocycles. The number of pyridine rings is 1. The number of aromatic nitrogens is 3. The maximum absolute atomic E-state index is 13.9. The fraction of sp³-hybridized carbons (Fsp3) is 0.200. The Morgan fingerprint density at radius 3 is 2.80 bits per heavy atom. The second-order valence-electron chi connectivity index (χ2n) is 4.67. The molecule has 4 nitrogen and oxygen atoms in total. The molecule has 2 heterocycles. The largest absolute Gasteiger partial charge is 0.384 e. The van der Waals surface area contributed by atoms with Crippen LogP contribution in [0.15, 0.2) is 36.5 Å². The molecule has 0 saturated heterocycles. The van der Waals surface area contributed by atoms with Crippen LogP contribution in [-0.2, 0) is 6.54 Å². The van der Waals surface area contributed by atoms with E-state index in [1.54, 1.807) is 18.3 Å². The number of hydrogen-bond donors (Lipinski definition) is 1. The van der Waals surface area contributed by atoms with Crippen molar-refractivity contribution in [2.24, 2.45) is 0 Å². The molecule has 0 atom stereocenters. The van der Waals surface area contributed by atoms with Crippen LogP contribution in [-0.4, -0.2) is 14.5 Å². The van der Waals surface area contributed by atoms with Gasteiger partial charge < -0.3 is 10.3 Å². The first-order valence-electron chi connectivity index (χ1n) is 6.57. The van der Waals surface area contributed by atoms with Gasteiger partial charge in [-0.15, -0.1) is 0 Å². The number of nitrogen functional groups attached to an aromatic ring is 1. The molecule has 0 amide bonds. The number of anilines is 1. The van der Waals surface area contributed by atoms with Crippen LogP contribution in [0.25, 0.3) is 22.4 Å². The van der Waals surface area contributed by atoms with Crippen LogP contribution in [0.3, 0.4) is 0 Å². The van der Waals surface area contributed by atoms with Gasteiger partial charge in [-0.05, 0) is 30.7 Å². The lowest BCUT2D eigenvalue weighted by Crippen LogP contribution is -2.00. The number of imidazole rings is 1. The smallest absolute Gasteiger partial charge is 0.151 e. The first-order chi connectivity index (χ1) is 9.70. The summed E-state index contributed by atoms with van der Waals surface area (Å²) >= 11 is 0. The summed E-state index contributed by atoms with van der Waals surface area (Å²) in [5.41, 5.74) is 7.64. The molecule has 0 aliphatic carbocycles. The number of nitrogens with two attached hydrogens (primary N) is 1. The lowest BCUT2D eigenvalue weighted by atomic mass is 10.2. The van der Waals surface area contributed by atoms with Crippen LogP contribution in [0, 0.1) is 5.82 Å². The van der Waals surface area contributed by atoms with Crippen molar-refractivity contribution >= 4 is 16.9 Å². The van der Waals surface area contributed by atoms with E-state index in [0.29, 0.717) is 11.3 Å². The zero-order valence-corrected chi connectivity index (χ0v) is 11.2. The van der Waals surface area contributed by atoms with Crippen LogP contribution >= 0.6 is 0 Å². The third-order valence-corrected chi connectivity index (χ3v) is 3.22. The topological polar surface area (TPSA) is 56.7 Å². The summed E-state index contributed by atoms with van der Waals surface area (Å²) in [6.45, 7) is 2.86. The van der Waals surface area contributed by atoms with E-state index < -0.39 is 0 Å². The van der Waals surface area contributed by atoms with E-state index in [2.05, 4.69) is 16.9 Å². The summed E-state index contributed by atoms with van der Waals surface area (Å²) in [5.74, 6) is 0.875. The molecular formula is C15H15FN4. The van der Waals surface area contributed by atoms with Gasteiger partial charge in [-0.2, -0.15) is 0 Å². The monoisotopic (exact) mass is 270 g/mol. The molecular weight excluding hydrogens is 255 g/mol. The van der Waals surface area contributed by atoms with Crippen molar-refractivity contribution in [2.75, 3.05) is 5.73 Å². The Hall–Kier alpha value is -2.43. The predicted molar refractivity (Wildman–Crippen MR) is 77.6 cm³/mol. The van der Waals surface area contributed by atoms with E-state index >= 15 is 0 Å². The highest BCUT2D eigenvalue weighted by atomic mass is 19.1. The minimum absolute atomic E-state index is 0.304. The number of fused-ring (bicyclic) bond motifs is 1. The van der Waals surface area contributed by atoms with Crippen molar-refractivity contribution in [2.45, 2.75) is 19.9 Å². The van der Waals surface area contributed by atoms with Crippen LogP contribution in [0.2, 0.25) is 0 Å². The molecule has 0 bridgehead atoms. The van der Waals surface area contributed by atoms with Crippen molar-refractivity contribution in [1.82, 2.24) is 14.5 Å². The summed E-state index contributed by atoms with van der Waals surface area (Å²) < 4.78 is 15.9. The van der Waals surface area contributed by atoms with E-state index in [9.17, 15) is 4.39 Å². The Morgan fingerprint density at radius 2 is 2.10 bits per heavy atom. The number of halogens is 1. The average Bonchev–Trinajstić information content (AvgIpc) is 2.81. The Labute approximate surface area is 116 Å². The van der Waals surface area contributed by atoms with Gasteiger partial charge in [-0.3, -0.25) is 0 Å². The SMILES string of the molecule is CCCn1c(-c2ccc(N)nc2)nc2c(F)cccc21. The molecule has 102 valence electrons. The number of hydrogen-bond acceptors (Lipinski definition) is 3. The van der Waals surface area contributed by atoms with E-state index in [4.69, 9.17) is 5.73 Å². The minimum atomic E-state index is -0.304. The fourth-order valence-electron chi connectivity index (χ4n) is 2.32. The predicted octanol–water partition coefficient (Wildman–Crippen LogP) is 3.23. The van der Waals surface area contributed by atoms with Crippen LogP contribution in [0.4, 0.5) is 10.2 Å². The van der Waals surface area contributed by atoms with E-state index in [1.807, 2.05) is 16.7 Å². The van der Waals surface area contributed by atoms with Gasteiger partial charge in [0.1, 0.15) is 17.2 Å². The first kappa shape index (κ1) is 12.6. The average molecular weight is 270 g/mol. The minimum Gasteiger partial charge on any atom is -0.384 e. The van der Waals surface area contributed by atoms with Crippen molar-refractivity contribution in [3.8, 4) is 11.4 Å². The summed E-state index contributed by atoms with van der Waals surface area (Å²) in [5, 5.41) is 0. The maximum Gasteiger partial charge on any atom is 0.151 e. The van der Waals surface area contributed by atoms with Gasteiger partial charge in [0, 0.05) is 18.3 Å². The highest BCUT2D eigenvalue weighted by Gasteiger charge is 2.14. The van der Waals surface area contributed by atoms with Crippen molar-refractivity contribution in [3.63, 3.8) is 0 Å². The molecule has 3 rings (SSSR count). The molecule has 0 aliphatic heterocycles. The quantitative estimate of drug-likeness (QED) is 0.795. The molecule has 2 aromatic heterocycles. The molecule has 2 N–H and O–H groups in total. The van der Waals surface area contributed by atoms with Crippen molar-refractivity contribution < 1.29 is 4.39 Å². The zero-order valence-electron chi connectivity index (χ0n) is 11.2. The van der Waals surface area contributed by atoms with Gasteiger partial charge in [-0.1, -0.05) is 13.0 Å². The zero-order chi connectivity index (χ0) is 14.1. The molecule has 0 spiro atoms. The Morgan fingerprint density at radius 1 is 1.25 bits per heavy atom. The molecule has 3 aromatic rings. The van der Waals surface area contributed by atoms with E-state index in [0.717, 1.165) is 29.9 Å². The third-order valence-electron chi connectivity index (χ3n) is 3.22. The van der Waals surface area contributed by atoms with Gasteiger partial charge in [0.25, 0.3) is 0 Å². The number of para-hydroxylation sites is 1. The Balaban J connectivity index is 2.26. The van der Waals surface area contributed by atoms with Crippen LogP contribution < -0.4 is 5.73 Å². The van der Waals surface area contributed by atoms with Gasteiger partial charge in [-0.25, -0.2) is 14.4 Å². The number of aryl methyl sites for hydroxylation is 1. The lowest BCUT2D eigenvalue weighted by molar-refractivity contribution is 0.637. The van der Waals surface area contributed by atoms with Gasteiger partial charge in [0.2, 0.25) is 0 Å². The van der Waals surface area contributed by atoms with Gasteiger partial charge in [0.15, 0.2) is 5.82 Å². The second-order valence-corrected chi connectivity index (χ2v) is 4.67. The van der Waals surface area contributed by atoms with E-state index in [-0.39, 0.29) is 5.82 Å².